The van der Waals surface area contributed by atoms with Gasteiger partial charge in [-0.2, -0.15) is 4.31 Å². The summed E-state index contributed by atoms with van der Waals surface area (Å²) in [6, 6.07) is 8.69. The van der Waals surface area contributed by atoms with E-state index < -0.39 is 10.0 Å². The summed E-state index contributed by atoms with van der Waals surface area (Å²) in [6.45, 7) is 1.51. The second-order valence-corrected chi connectivity index (χ2v) is 10.4. The van der Waals surface area contributed by atoms with Crippen molar-refractivity contribution in [1.82, 2.24) is 19.7 Å². The third-order valence-electron chi connectivity index (χ3n) is 5.59. The van der Waals surface area contributed by atoms with Crippen LogP contribution in [0.4, 0.5) is 0 Å². The molecule has 1 saturated carbocycles. The number of nitrogens with zero attached hydrogens (tertiary/aromatic N) is 3. The van der Waals surface area contributed by atoms with Crippen LogP contribution in [0, 0.1) is 0 Å². The van der Waals surface area contributed by atoms with Gasteiger partial charge in [-0.15, -0.1) is 0 Å². The summed E-state index contributed by atoms with van der Waals surface area (Å²) in [5, 5.41) is 6.82. The molecule has 1 aliphatic heterocycles. The predicted octanol–water partition coefficient (Wildman–Crippen LogP) is 2.20. The van der Waals surface area contributed by atoms with Crippen LogP contribution in [0.5, 0.6) is 0 Å². The maximum absolute atomic E-state index is 12.9. The number of piperidine rings is 1. The summed E-state index contributed by atoms with van der Waals surface area (Å²) in [6.07, 6.45) is 3.30. The van der Waals surface area contributed by atoms with E-state index in [1.54, 1.807) is 18.2 Å². The van der Waals surface area contributed by atoms with Crippen molar-refractivity contribution in [3.63, 3.8) is 0 Å². The van der Waals surface area contributed by atoms with Crippen LogP contribution in [-0.4, -0.2) is 61.9 Å². The minimum absolute atomic E-state index is 0.0764. The summed E-state index contributed by atoms with van der Waals surface area (Å²) in [7, 11) is 0.418. The van der Waals surface area contributed by atoms with Crippen molar-refractivity contribution in [2.75, 3.05) is 27.2 Å². The molecule has 2 fully saturated rings. The number of carbonyl (C=O) groups excluding carboxylic acids is 1. The molecular weight excluding hydrogens is 404 g/mol. The Morgan fingerprint density at radius 2 is 1.83 bits per heavy atom. The molecule has 8 nitrogen and oxygen atoms in total. The molecule has 2 heterocycles. The van der Waals surface area contributed by atoms with Crippen molar-refractivity contribution >= 4 is 15.9 Å². The number of amides is 1. The third kappa shape index (κ3) is 4.74. The van der Waals surface area contributed by atoms with Crippen molar-refractivity contribution in [3.05, 3.63) is 47.3 Å². The first kappa shape index (κ1) is 21.0. The van der Waals surface area contributed by atoms with Crippen LogP contribution >= 0.6 is 0 Å². The number of rotatable bonds is 7. The highest BCUT2D eigenvalue weighted by atomic mass is 32.2. The molecule has 4 rings (SSSR count). The molecule has 1 aromatic carbocycles. The highest BCUT2D eigenvalue weighted by Crippen LogP contribution is 2.40. The Morgan fingerprint density at radius 1 is 1.17 bits per heavy atom. The van der Waals surface area contributed by atoms with E-state index in [-0.39, 0.29) is 11.9 Å². The fourth-order valence-corrected chi connectivity index (χ4v) is 5.21. The quantitative estimate of drug-likeness (QED) is 0.721. The molecule has 0 spiro atoms. The Kier molecular flexibility index (Phi) is 5.95. The molecule has 30 heavy (non-hydrogen) atoms. The van der Waals surface area contributed by atoms with E-state index in [0.29, 0.717) is 42.4 Å². The molecule has 1 aliphatic carbocycles. The van der Waals surface area contributed by atoms with Crippen LogP contribution in [0.15, 0.2) is 39.8 Å². The maximum Gasteiger partial charge on any atom is 0.273 e. The minimum Gasteiger partial charge on any atom is -0.360 e. The second kappa shape index (κ2) is 8.49. The average Bonchev–Trinajstić information content (AvgIpc) is 3.45. The van der Waals surface area contributed by atoms with E-state index in [4.69, 9.17) is 4.52 Å². The molecule has 0 atom stereocenters. The van der Waals surface area contributed by atoms with Crippen LogP contribution in [0.1, 0.15) is 53.4 Å². The van der Waals surface area contributed by atoms with E-state index >= 15 is 0 Å². The van der Waals surface area contributed by atoms with Gasteiger partial charge in [0.1, 0.15) is 5.76 Å². The maximum atomic E-state index is 12.9. The van der Waals surface area contributed by atoms with Gasteiger partial charge in [-0.05, 0) is 57.5 Å². The first-order valence-electron chi connectivity index (χ1n) is 10.3. The SMILES string of the molecule is CN(C)Cc1ccc(S(=O)(=O)N2CCC(NC(=O)c3cc(C4CC4)on3)CC2)cc1. The van der Waals surface area contributed by atoms with Gasteiger partial charge in [0.05, 0.1) is 4.90 Å². The molecular formula is C21H28N4O4S. The second-order valence-electron chi connectivity index (χ2n) is 8.42. The number of hydrogen-bond donors (Lipinski definition) is 1. The lowest BCUT2D eigenvalue weighted by molar-refractivity contribution is 0.0914. The zero-order valence-electron chi connectivity index (χ0n) is 17.4. The molecule has 2 aromatic rings. The smallest absolute Gasteiger partial charge is 0.273 e. The molecule has 1 saturated heterocycles. The molecule has 0 unspecified atom stereocenters. The molecule has 9 heteroatoms. The zero-order valence-corrected chi connectivity index (χ0v) is 18.2. The van der Waals surface area contributed by atoms with Crippen LogP contribution in [0.25, 0.3) is 0 Å². The Bertz CT molecular complexity index is 988. The predicted molar refractivity (Wildman–Crippen MR) is 112 cm³/mol. The molecule has 1 amide bonds. The summed E-state index contributed by atoms with van der Waals surface area (Å²) in [5.41, 5.74) is 1.36. The van der Waals surface area contributed by atoms with E-state index in [9.17, 15) is 13.2 Å². The van der Waals surface area contributed by atoms with E-state index in [0.717, 1.165) is 30.7 Å². The first-order valence-corrected chi connectivity index (χ1v) is 11.8. The highest BCUT2D eigenvalue weighted by Gasteiger charge is 2.32. The largest absolute Gasteiger partial charge is 0.360 e. The van der Waals surface area contributed by atoms with Crippen molar-refractivity contribution in [2.24, 2.45) is 0 Å². The number of hydrogen-bond acceptors (Lipinski definition) is 6. The van der Waals surface area contributed by atoms with Gasteiger partial charge in [-0.1, -0.05) is 17.3 Å². The topological polar surface area (TPSA) is 95.8 Å². The Morgan fingerprint density at radius 3 is 2.43 bits per heavy atom. The Balaban J connectivity index is 1.32. The lowest BCUT2D eigenvalue weighted by Crippen LogP contribution is -2.46. The van der Waals surface area contributed by atoms with Gasteiger partial charge < -0.3 is 14.7 Å². The normalized spacial score (nSPS) is 18.6. The van der Waals surface area contributed by atoms with Crippen LogP contribution in [0.3, 0.4) is 0 Å². The highest BCUT2D eigenvalue weighted by molar-refractivity contribution is 7.89. The number of aromatic nitrogens is 1. The number of benzene rings is 1. The minimum atomic E-state index is -3.53. The lowest BCUT2D eigenvalue weighted by Gasteiger charge is -2.31. The van der Waals surface area contributed by atoms with Crippen molar-refractivity contribution in [3.8, 4) is 0 Å². The number of sulfonamides is 1. The van der Waals surface area contributed by atoms with Gasteiger partial charge in [0.15, 0.2) is 5.69 Å². The zero-order chi connectivity index (χ0) is 21.3. The van der Waals surface area contributed by atoms with Crippen molar-refractivity contribution in [2.45, 2.75) is 49.1 Å². The standard InChI is InChI=1S/C21H28N4O4S/c1-24(2)14-15-3-7-18(8-4-15)30(27,28)25-11-9-17(10-12-25)22-21(26)19-13-20(29-23-19)16-5-6-16/h3-4,7-8,13,16-17H,5-6,9-12,14H2,1-2H3,(H,22,26). The summed E-state index contributed by atoms with van der Waals surface area (Å²) >= 11 is 0. The summed E-state index contributed by atoms with van der Waals surface area (Å²) in [5.74, 6) is 0.922. The third-order valence-corrected chi connectivity index (χ3v) is 7.50. The van der Waals surface area contributed by atoms with E-state index in [1.807, 2.05) is 31.1 Å². The van der Waals surface area contributed by atoms with Gasteiger partial charge >= 0.3 is 0 Å². The summed E-state index contributed by atoms with van der Waals surface area (Å²) < 4.78 is 32.6. The molecule has 0 radical (unpaired) electrons. The molecule has 162 valence electrons. The first-order chi connectivity index (χ1) is 14.3. The molecule has 0 bridgehead atoms. The molecule has 2 aliphatic rings. The monoisotopic (exact) mass is 432 g/mol. The van der Waals surface area contributed by atoms with E-state index in [2.05, 4.69) is 10.5 Å². The average molecular weight is 433 g/mol. The lowest BCUT2D eigenvalue weighted by atomic mass is 10.1. The number of carbonyl (C=O) groups is 1. The molecule has 1 N–H and O–H groups in total. The van der Waals surface area contributed by atoms with Crippen molar-refractivity contribution < 1.29 is 17.7 Å². The summed E-state index contributed by atoms with van der Waals surface area (Å²) in [4.78, 5) is 14.8. The van der Waals surface area contributed by atoms with Gasteiger partial charge in [-0.3, -0.25) is 4.79 Å². The van der Waals surface area contributed by atoms with Gasteiger partial charge in [0.2, 0.25) is 10.0 Å². The van der Waals surface area contributed by atoms with Gasteiger partial charge in [0.25, 0.3) is 5.91 Å². The van der Waals surface area contributed by atoms with Crippen LogP contribution < -0.4 is 5.32 Å². The molecule has 1 aromatic heterocycles. The van der Waals surface area contributed by atoms with E-state index in [1.165, 1.54) is 4.31 Å². The van der Waals surface area contributed by atoms with Crippen LogP contribution in [-0.2, 0) is 16.6 Å². The van der Waals surface area contributed by atoms with Gasteiger partial charge in [-0.25, -0.2) is 8.42 Å². The van der Waals surface area contributed by atoms with Crippen LogP contribution in [0.2, 0.25) is 0 Å². The number of nitrogens with one attached hydrogen (secondary N) is 1. The van der Waals surface area contributed by atoms with Gasteiger partial charge in [0, 0.05) is 37.7 Å². The Labute approximate surface area is 177 Å². The fraction of sp³-hybridized carbons (Fsp3) is 0.524. The fourth-order valence-electron chi connectivity index (χ4n) is 3.74. The van der Waals surface area contributed by atoms with Crippen molar-refractivity contribution in [1.29, 1.82) is 0 Å². The Hall–Kier alpha value is -2.23.